The summed E-state index contributed by atoms with van der Waals surface area (Å²) in [6.07, 6.45) is 3.09. The zero-order valence-electron chi connectivity index (χ0n) is 10.3. The number of nitrogens with two attached hydrogens (primary N) is 1. The Morgan fingerprint density at radius 1 is 1.29 bits per heavy atom. The van der Waals surface area contributed by atoms with Crippen LogP contribution < -0.4 is 5.73 Å². The molecule has 1 aromatic heterocycles. The van der Waals surface area contributed by atoms with Crippen molar-refractivity contribution in [3.8, 4) is 10.4 Å². The number of hydrogen-bond acceptors (Lipinski definition) is 3. The van der Waals surface area contributed by atoms with Gasteiger partial charge in [-0.3, -0.25) is 0 Å². The fourth-order valence-electron chi connectivity index (χ4n) is 1.75. The minimum Gasteiger partial charge on any atom is -0.325 e. The zero-order valence-corrected chi connectivity index (χ0v) is 11.1. The summed E-state index contributed by atoms with van der Waals surface area (Å²) < 4.78 is 0. The predicted octanol–water partition coefficient (Wildman–Crippen LogP) is 3.78. The number of aromatic nitrogens is 1. The first-order chi connectivity index (χ1) is 8.24. The zero-order chi connectivity index (χ0) is 12.3. The van der Waals surface area contributed by atoms with Gasteiger partial charge in [0.2, 0.25) is 0 Å². The van der Waals surface area contributed by atoms with Crippen molar-refractivity contribution in [2.45, 2.75) is 32.7 Å². The molecule has 1 heterocycles. The Balaban J connectivity index is 2.22. The van der Waals surface area contributed by atoms with Crippen molar-refractivity contribution in [2.24, 2.45) is 5.73 Å². The Morgan fingerprint density at radius 3 is 2.53 bits per heavy atom. The molecule has 0 aliphatic heterocycles. The molecular formula is C14H18N2S. The van der Waals surface area contributed by atoms with Crippen molar-refractivity contribution in [3.63, 3.8) is 0 Å². The van der Waals surface area contributed by atoms with Crippen LogP contribution >= 0.6 is 11.3 Å². The first-order valence-electron chi connectivity index (χ1n) is 5.99. The molecule has 0 aliphatic rings. The highest BCUT2D eigenvalue weighted by Gasteiger charge is 2.05. The number of thiazole rings is 1. The van der Waals surface area contributed by atoms with Crippen LogP contribution in [0.25, 0.3) is 10.4 Å². The molecule has 0 amide bonds. The monoisotopic (exact) mass is 246 g/mol. The van der Waals surface area contributed by atoms with Gasteiger partial charge in [-0.15, -0.1) is 11.3 Å². The number of benzene rings is 1. The molecule has 2 nitrogen and oxygen atoms in total. The van der Waals surface area contributed by atoms with Gasteiger partial charge in [0.1, 0.15) is 5.01 Å². The predicted molar refractivity (Wildman–Crippen MR) is 74.1 cm³/mol. The Kier molecular flexibility index (Phi) is 3.92. The summed E-state index contributed by atoms with van der Waals surface area (Å²) >= 11 is 1.67. The second-order valence-corrected chi connectivity index (χ2v) is 5.37. The van der Waals surface area contributed by atoms with Crippen LogP contribution in [0, 0.1) is 0 Å². The largest absolute Gasteiger partial charge is 0.325 e. The van der Waals surface area contributed by atoms with Gasteiger partial charge < -0.3 is 5.73 Å². The molecule has 0 saturated carbocycles. The maximum absolute atomic E-state index is 5.57. The summed E-state index contributed by atoms with van der Waals surface area (Å²) in [6, 6.07) is 8.78. The Bertz CT molecular complexity index is 473. The molecule has 90 valence electrons. The van der Waals surface area contributed by atoms with Crippen molar-refractivity contribution in [3.05, 3.63) is 41.0 Å². The number of hydrogen-bond donors (Lipinski definition) is 1. The van der Waals surface area contributed by atoms with Gasteiger partial charge in [-0.25, -0.2) is 4.98 Å². The normalized spacial score (nSPS) is 12.6. The lowest BCUT2D eigenvalue weighted by atomic mass is 9.97. The lowest BCUT2D eigenvalue weighted by Crippen LogP contribution is -1.93. The van der Waals surface area contributed by atoms with Crippen LogP contribution in [-0.2, 0) is 6.54 Å². The smallest absolute Gasteiger partial charge is 0.107 e. The van der Waals surface area contributed by atoms with Crippen molar-refractivity contribution < 1.29 is 0 Å². The van der Waals surface area contributed by atoms with Crippen LogP contribution in [0.5, 0.6) is 0 Å². The molecule has 0 fully saturated rings. The molecule has 2 N–H and O–H groups in total. The van der Waals surface area contributed by atoms with E-state index in [1.54, 1.807) is 11.3 Å². The second-order valence-electron chi connectivity index (χ2n) is 4.25. The Morgan fingerprint density at radius 2 is 2.00 bits per heavy atom. The highest BCUT2D eigenvalue weighted by Crippen LogP contribution is 2.28. The molecule has 3 heteroatoms. The first kappa shape index (κ1) is 12.3. The van der Waals surface area contributed by atoms with E-state index >= 15 is 0 Å². The minimum atomic E-state index is 0.523. The lowest BCUT2D eigenvalue weighted by Gasteiger charge is -2.08. The molecule has 0 aliphatic carbocycles. The highest BCUT2D eigenvalue weighted by molar-refractivity contribution is 7.15. The third-order valence-corrected chi connectivity index (χ3v) is 4.17. The number of rotatable bonds is 4. The maximum atomic E-state index is 5.57. The summed E-state index contributed by atoms with van der Waals surface area (Å²) in [5, 5.41) is 0.992. The average Bonchev–Trinajstić information content (AvgIpc) is 2.87. The van der Waals surface area contributed by atoms with Gasteiger partial charge in [-0.2, -0.15) is 0 Å². The molecule has 2 rings (SSSR count). The SMILES string of the molecule is CCC(C)c1ccc(-c2cnc(CN)s2)cc1. The molecule has 2 aromatic rings. The fourth-order valence-corrected chi connectivity index (χ4v) is 2.55. The lowest BCUT2D eigenvalue weighted by molar-refractivity contribution is 0.734. The van der Waals surface area contributed by atoms with E-state index in [9.17, 15) is 0 Å². The molecular weight excluding hydrogens is 228 g/mol. The molecule has 1 aromatic carbocycles. The molecule has 1 atom stereocenters. The van der Waals surface area contributed by atoms with Crippen molar-refractivity contribution >= 4 is 11.3 Å². The molecule has 0 radical (unpaired) electrons. The van der Waals surface area contributed by atoms with Gasteiger partial charge in [0.05, 0.1) is 4.88 Å². The Labute approximate surface area is 107 Å². The van der Waals surface area contributed by atoms with Gasteiger partial charge in [0.15, 0.2) is 0 Å². The van der Waals surface area contributed by atoms with Crippen molar-refractivity contribution in [1.82, 2.24) is 4.98 Å². The van der Waals surface area contributed by atoms with Gasteiger partial charge in [0, 0.05) is 12.7 Å². The fraction of sp³-hybridized carbons (Fsp3) is 0.357. The van der Waals surface area contributed by atoms with Crippen molar-refractivity contribution in [2.75, 3.05) is 0 Å². The highest BCUT2D eigenvalue weighted by atomic mass is 32.1. The third kappa shape index (κ3) is 2.73. The van der Waals surface area contributed by atoms with E-state index in [0.29, 0.717) is 12.5 Å². The standard InChI is InChI=1S/C14H18N2S/c1-3-10(2)11-4-6-12(7-5-11)13-9-16-14(8-15)17-13/h4-7,9-10H,3,8,15H2,1-2H3. The summed E-state index contributed by atoms with van der Waals surface area (Å²) in [7, 11) is 0. The van der Waals surface area contributed by atoms with Crippen LogP contribution in [-0.4, -0.2) is 4.98 Å². The molecule has 1 unspecified atom stereocenters. The van der Waals surface area contributed by atoms with E-state index in [1.165, 1.54) is 22.4 Å². The van der Waals surface area contributed by atoms with Gasteiger partial charge in [-0.1, -0.05) is 38.1 Å². The quantitative estimate of drug-likeness (QED) is 0.891. The molecule has 0 saturated heterocycles. The van der Waals surface area contributed by atoms with Crippen LogP contribution in [0.4, 0.5) is 0 Å². The second kappa shape index (κ2) is 5.43. The molecule has 17 heavy (non-hydrogen) atoms. The van der Waals surface area contributed by atoms with Gasteiger partial charge in [0.25, 0.3) is 0 Å². The summed E-state index contributed by atoms with van der Waals surface area (Å²) in [5.41, 5.74) is 8.20. The van der Waals surface area contributed by atoms with E-state index in [4.69, 9.17) is 5.73 Å². The van der Waals surface area contributed by atoms with E-state index < -0.39 is 0 Å². The molecule has 0 spiro atoms. The minimum absolute atomic E-state index is 0.523. The average molecular weight is 246 g/mol. The van der Waals surface area contributed by atoms with Gasteiger partial charge in [-0.05, 0) is 23.5 Å². The van der Waals surface area contributed by atoms with Crippen molar-refractivity contribution in [1.29, 1.82) is 0 Å². The molecule has 0 bridgehead atoms. The first-order valence-corrected chi connectivity index (χ1v) is 6.81. The van der Waals surface area contributed by atoms with Crippen LogP contribution in [0.15, 0.2) is 30.5 Å². The summed E-state index contributed by atoms with van der Waals surface area (Å²) in [5.74, 6) is 0.630. The summed E-state index contributed by atoms with van der Waals surface area (Å²) in [6.45, 7) is 5.00. The van der Waals surface area contributed by atoms with E-state index in [0.717, 1.165) is 5.01 Å². The van der Waals surface area contributed by atoms with Crippen LogP contribution in [0.3, 0.4) is 0 Å². The topological polar surface area (TPSA) is 38.9 Å². The summed E-state index contributed by atoms with van der Waals surface area (Å²) in [4.78, 5) is 5.47. The number of nitrogens with zero attached hydrogens (tertiary/aromatic N) is 1. The Hall–Kier alpha value is -1.19. The maximum Gasteiger partial charge on any atom is 0.107 e. The van der Waals surface area contributed by atoms with Crippen LogP contribution in [0.1, 0.15) is 36.8 Å². The van der Waals surface area contributed by atoms with E-state index in [-0.39, 0.29) is 0 Å². The van der Waals surface area contributed by atoms with Crippen LogP contribution in [0.2, 0.25) is 0 Å². The third-order valence-electron chi connectivity index (χ3n) is 3.10. The van der Waals surface area contributed by atoms with E-state index in [2.05, 4.69) is 43.1 Å². The van der Waals surface area contributed by atoms with Gasteiger partial charge >= 0.3 is 0 Å². The van der Waals surface area contributed by atoms with E-state index in [1.807, 2.05) is 6.20 Å².